The Balaban J connectivity index is 1.55. The van der Waals surface area contributed by atoms with Crippen LogP contribution >= 0.6 is 0 Å². The first-order valence-corrected chi connectivity index (χ1v) is 9.37. The summed E-state index contributed by atoms with van der Waals surface area (Å²) >= 11 is 0. The molecule has 0 aliphatic heterocycles. The van der Waals surface area contributed by atoms with E-state index >= 15 is 0 Å². The molecule has 0 spiro atoms. The standard InChI is InChI=1S/C23H22N2O5/c1-25-13-12-24-22(25)16-30-19-8-6-18(7-9-19)21(26)10-5-17-3-2-4-20(15-17)29-14-11-23(27)28/h2-10,12-13,15H,11,14,16H2,1H3,(H,27,28)/b10-5+. The zero-order chi connectivity index (χ0) is 21.3. The molecule has 0 saturated carbocycles. The van der Waals surface area contributed by atoms with Crippen molar-refractivity contribution >= 4 is 17.8 Å². The number of aliphatic carboxylic acids is 1. The third-order valence-corrected chi connectivity index (χ3v) is 4.30. The minimum Gasteiger partial charge on any atom is -0.493 e. The maximum Gasteiger partial charge on any atom is 0.306 e. The first-order chi connectivity index (χ1) is 14.5. The molecule has 0 atom stereocenters. The normalized spacial score (nSPS) is 10.8. The molecule has 1 aromatic heterocycles. The Labute approximate surface area is 174 Å². The van der Waals surface area contributed by atoms with E-state index in [2.05, 4.69) is 4.98 Å². The number of ketones is 1. The van der Waals surface area contributed by atoms with Crippen molar-refractivity contribution in [3.8, 4) is 11.5 Å². The number of ether oxygens (including phenoxy) is 2. The predicted octanol–water partition coefficient (Wildman–Crippen LogP) is 3.75. The number of benzene rings is 2. The van der Waals surface area contributed by atoms with Crippen LogP contribution in [0.15, 0.2) is 67.0 Å². The second kappa shape index (κ2) is 10.1. The van der Waals surface area contributed by atoms with Gasteiger partial charge >= 0.3 is 5.97 Å². The number of carbonyl (C=O) groups excluding carboxylic acids is 1. The first kappa shape index (κ1) is 20.9. The number of allylic oxidation sites excluding steroid dienone is 1. The van der Waals surface area contributed by atoms with Crippen molar-refractivity contribution in [1.82, 2.24) is 9.55 Å². The van der Waals surface area contributed by atoms with E-state index in [1.54, 1.807) is 54.7 Å². The molecule has 30 heavy (non-hydrogen) atoms. The van der Waals surface area contributed by atoms with Crippen LogP contribution in [-0.2, 0) is 18.4 Å². The summed E-state index contributed by atoms with van der Waals surface area (Å²) in [4.78, 5) is 27.2. The first-order valence-electron chi connectivity index (χ1n) is 9.37. The van der Waals surface area contributed by atoms with Gasteiger partial charge in [0.2, 0.25) is 0 Å². The highest BCUT2D eigenvalue weighted by molar-refractivity contribution is 6.06. The zero-order valence-corrected chi connectivity index (χ0v) is 16.5. The number of rotatable bonds is 10. The van der Waals surface area contributed by atoms with Crippen LogP contribution < -0.4 is 9.47 Å². The van der Waals surface area contributed by atoms with Gasteiger partial charge in [-0.3, -0.25) is 9.59 Å². The van der Waals surface area contributed by atoms with Gasteiger partial charge in [0, 0.05) is 25.0 Å². The monoisotopic (exact) mass is 406 g/mol. The number of hydrogen-bond acceptors (Lipinski definition) is 5. The Morgan fingerprint density at radius 2 is 1.90 bits per heavy atom. The molecule has 1 heterocycles. The molecule has 0 aliphatic rings. The Morgan fingerprint density at radius 1 is 1.10 bits per heavy atom. The van der Waals surface area contributed by atoms with E-state index in [1.165, 1.54) is 6.08 Å². The Morgan fingerprint density at radius 3 is 2.60 bits per heavy atom. The molecule has 0 bridgehead atoms. The molecular weight excluding hydrogens is 384 g/mol. The predicted molar refractivity (Wildman–Crippen MR) is 112 cm³/mol. The molecule has 1 N–H and O–H groups in total. The van der Waals surface area contributed by atoms with E-state index in [9.17, 15) is 9.59 Å². The quantitative estimate of drug-likeness (QED) is 0.407. The number of nitrogens with zero attached hydrogens (tertiary/aromatic N) is 2. The van der Waals surface area contributed by atoms with Crippen LogP contribution in [0, 0.1) is 0 Å². The average Bonchev–Trinajstić information content (AvgIpc) is 3.15. The van der Waals surface area contributed by atoms with Gasteiger partial charge < -0.3 is 19.1 Å². The van der Waals surface area contributed by atoms with Crippen LogP contribution in [0.25, 0.3) is 6.08 Å². The minimum atomic E-state index is -0.912. The molecule has 0 unspecified atom stereocenters. The van der Waals surface area contributed by atoms with Crippen molar-refractivity contribution in [2.24, 2.45) is 7.05 Å². The maximum atomic E-state index is 12.4. The van der Waals surface area contributed by atoms with Gasteiger partial charge in [0.05, 0.1) is 13.0 Å². The van der Waals surface area contributed by atoms with Gasteiger partial charge in [-0.2, -0.15) is 0 Å². The summed E-state index contributed by atoms with van der Waals surface area (Å²) in [6, 6.07) is 14.0. The van der Waals surface area contributed by atoms with Crippen molar-refractivity contribution in [2.75, 3.05) is 6.61 Å². The van der Waals surface area contributed by atoms with Gasteiger partial charge in [0.15, 0.2) is 5.78 Å². The van der Waals surface area contributed by atoms with Gasteiger partial charge in [-0.15, -0.1) is 0 Å². The van der Waals surface area contributed by atoms with Crippen molar-refractivity contribution in [1.29, 1.82) is 0 Å². The van der Waals surface area contributed by atoms with E-state index in [0.29, 0.717) is 23.7 Å². The highest BCUT2D eigenvalue weighted by Crippen LogP contribution is 2.17. The van der Waals surface area contributed by atoms with Gasteiger partial charge in [0.25, 0.3) is 0 Å². The van der Waals surface area contributed by atoms with Crippen LogP contribution in [0.2, 0.25) is 0 Å². The Kier molecular flexibility index (Phi) is 7.00. The molecule has 0 amide bonds. The summed E-state index contributed by atoms with van der Waals surface area (Å²) in [5, 5.41) is 8.66. The lowest BCUT2D eigenvalue weighted by Crippen LogP contribution is -2.04. The minimum absolute atomic E-state index is 0.0695. The van der Waals surface area contributed by atoms with Crippen LogP contribution in [-0.4, -0.2) is 33.0 Å². The Hall–Kier alpha value is -3.87. The van der Waals surface area contributed by atoms with Gasteiger partial charge in [-0.05, 0) is 48.0 Å². The molecule has 154 valence electrons. The molecule has 7 nitrogen and oxygen atoms in total. The summed E-state index contributed by atoms with van der Waals surface area (Å²) in [5.74, 6) is 0.976. The largest absolute Gasteiger partial charge is 0.493 e. The van der Waals surface area contributed by atoms with E-state index in [0.717, 1.165) is 11.4 Å². The van der Waals surface area contributed by atoms with Crippen molar-refractivity contribution < 1.29 is 24.2 Å². The number of carboxylic acids is 1. The van der Waals surface area contributed by atoms with Gasteiger partial charge in [-0.1, -0.05) is 18.2 Å². The zero-order valence-electron chi connectivity index (χ0n) is 16.5. The molecule has 0 saturated heterocycles. The summed E-state index contributed by atoms with van der Waals surface area (Å²) in [5.41, 5.74) is 1.33. The summed E-state index contributed by atoms with van der Waals surface area (Å²) in [7, 11) is 1.90. The molecule has 3 aromatic rings. The number of hydrogen-bond donors (Lipinski definition) is 1. The number of imidazole rings is 1. The second-order valence-electron chi connectivity index (χ2n) is 6.53. The lowest BCUT2D eigenvalue weighted by Gasteiger charge is -2.06. The van der Waals surface area contributed by atoms with Gasteiger partial charge in [0.1, 0.15) is 23.9 Å². The van der Waals surface area contributed by atoms with Crippen LogP contribution in [0.1, 0.15) is 28.2 Å². The van der Waals surface area contributed by atoms with E-state index in [-0.39, 0.29) is 18.8 Å². The fourth-order valence-electron chi connectivity index (χ4n) is 2.63. The van der Waals surface area contributed by atoms with Crippen molar-refractivity contribution in [2.45, 2.75) is 13.0 Å². The van der Waals surface area contributed by atoms with E-state index < -0.39 is 5.97 Å². The summed E-state index contributed by atoms with van der Waals surface area (Å²) in [6.45, 7) is 0.442. The molecule has 2 aromatic carbocycles. The summed E-state index contributed by atoms with van der Waals surface area (Å²) in [6.07, 6.45) is 6.67. The number of aromatic nitrogens is 2. The molecule has 3 rings (SSSR count). The highest BCUT2D eigenvalue weighted by Gasteiger charge is 2.05. The Bertz CT molecular complexity index is 1040. The molecule has 0 radical (unpaired) electrons. The average molecular weight is 406 g/mol. The van der Waals surface area contributed by atoms with Crippen LogP contribution in [0.3, 0.4) is 0 Å². The molecule has 0 fully saturated rings. The van der Waals surface area contributed by atoms with Crippen molar-refractivity contribution in [3.05, 3.63) is 84.0 Å². The molecule has 7 heteroatoms. The third-order valence-electron chi connectivity index (χ3n) is 4.30. The van der Waals surface area contributed by atoms with Crippen molar-refractivity contribution in [3.63, 3.8) is 0 Å². The smallest absolute Gasteiger partial charge is 0.306 e. The topological polar surface area (TPSA) is 90.7 Å². The SMILES string of the molecule is Cn1ccnc1COc1ccc(C(=O)/C=C/c2cccc(OCCC(=O)O)c2)cc1. The number of carbonyl (C=O) groups is 2. The summed E-state index contributed by atoms with van der Waals surface area (Å²) < 4.78 is 13.0. The number of carboxylic acid groups (broad SMARTS) is 1. The molecule has 0 aliphatic carbocycles. The van der Waals surface area contributed by atoms with E-state index in [1.807, 2.05) is 23.9 Å². The maximum absolute atomic E-state index is 12.4. The molecular formula is C23H22N2O5. The highest BCUT2D eigenvalue weighted by atomic mass is 16.5. The van der Waals surface area contributed by atoms with E-state index in [4.69, 9.17) is 14.6 Å². The lowest BCUT2D eigenvalue weighted by molar-refractivity contribution is -0.137. The van der Waals surface area contributed by atoms with Crippen LogP contribution in [0.4, 0.5) is 0 Å². The second-order valence-corrected chi connectivity index (χ2v) is 6.53. The fraction of sp³-hybridized carbons (Fsp3) is 0.174. The number of aryl methyl sites for hydroxylation is 1. The van der Waals surface area contributed by atoms with Crippen LogP contribution in [0.5, 0.6) is 11.5 Å². The lowest BCUT2D eigenvalue weighted by atomic mass is 10.1. The van der Waals surface area contributed by atoms with Gasteiger partial charge in [-0.25, -0.2) is 4.98 Å². The third kappa shape index (κ3) is 6.07. The fourth-order valence-corrected chi connectivity index (χ4v) is 2.63.